The van der Waals surface area contributed by atoms with Gasteiger partial charge in [-0.05, 0) is 25.3 Å². The van der Waals surface area contributed by atoms with Crippen molar-refractivity contribution < 1.29 is 9.53 Å². The molecule has 114 valence electrons. The molecule has 3 aliphatic rings. The van der Waals surface area contributed by atoms with E-state index < -0.39 is 0 Å². The van der Waals surface area contributed by atoms with Crippen LogP contribution in [0.3, 0.4) is 0 Å². The van der Waals surface area contributed by atoms with Gasteiger partial charge in [0.2, 0.25) is 0 Å². The third-order valence-corrected chi connectivity index (χ3v) is 5.57. The molecular weight excluding hydrogens is 268 g/mol. The maximum atomic E-state index is 12.2. The van der Waals surface area contributed by atoms with Crippen molar-refractivity contribution in [2.45, 2.75) is 50.8 Å². The van der Waals surface area contributed by atoms with E-state index in [1.54, 1.807) is 6.20 Å². The highest BCUT2D eigenvalue weighted by Crippen LogP contribution is 2.60. The van der Waals surface area contributed by atoms with Gasteiger partial charge in [0.05, 0.1) is 18.3 Å². The van der Waals surface area contributed by atoms with Crippen molar-refractivity contribution in [2.75, 3.05) is 6.61 Å². The van der Waals surface area contributed by atoms with Crippen LogP contribution in [0, 0.1) is 11.3 Å². The lowest BCUT2D eigenvalue weighted by Gasteiger charge is -2.56. The third-order valence-electron chi connectivity index (χ3n) is 5.57. The summed E-state index contributed by atoms with van der Waals surface area (Å²) in [6.07, 6.45) is 8.07. The minimum Gasteiger partial charge on any atom is -0.377 e. The molecule has 6 heteroatoms. The molecule has 6 nitrogen and oxygen atoms in total. The molecule has 0 unspecified atom stereocenters. The monoisotopic (exact) mass is 290 g/mol. The number of urea groups is 1. The summed E-state index contributed by atoms with van der Waals surface area (Å²) < 4.78 is 5.94. The van der Waals surface area contributed by atoms with E-state index in [9.17, 15) is 4.79 Å². The first-order chi connectivity index (χ1) is 10.3. The molecule has 3 atom stereocenters. The predicted molar refractivity (Wildman–Crippen MR) is 76.5 cm³/mol. The summed E-state index contributed by atoms with van der Waals surface area (Å²) in [7, 11) is 0. The highest BCUT2D eigenvalue weighted by atomic mass is 16.5. The number of hydrogen-bond acceptors (Lipinski definition) is 3. The molecule has 4 rings (SSSR count). The summed E-state index contributed by atoms with van der Waals surface area (Å²) >= 11 is 0. The van der Waals surface area contributed by atoms with Crippen LogP contribution in [0.4, 0.5) is 4.79 Å². The number of H-pyrrole nitrogens is 1. The van der Waals surface area contributed by atoms with Crippen molar-refractivity contribution in [3.05, 3.63) is 18.0 Å². The Morgan fingerprint density at radius 3 is 3.10 bits per heavy atom. The lowest BCUT2D eigenvalue weighted by molar-refractivity contribution is -0.126. The number of ether oxygens (including phenoxy) is 1. The zero-order valence-electron chi connectivity index (χ0n) is 12.1. The molecule has 2 amide bonds. The molecule has 1 saturated heterocycles. The lowest BCUT2D eigenvalue weighted by atomic mass is 9.54. The van der Waals surface area contributed by atoms with Gasteiger partial charge in [-0.15, -0.1) is 0 Å². The SMILES string of the molecule is O=C(NCc1ccn[nH]1)N[C@@H]1[C@H]2CCO[C@H]2C12CCCC2. The van der Waals surface area contributed by atoms with Gasteiger partial charge in [-0.25, -0.2) is 4.79 Å². The molecular formula is C15H22N4O2. The molecule has 1 aromatic heterocycles. The lowest BCUT2D eigenvalue weighted by Crippen LogP contribution is -2.69. The Labute approximate surface area is 124 Å². The first-order valence-corrected chi connectivity index (χ1v) is 7.94. The maximum absolute atomic E-state index is 12.2. The highest BCUT2D eigenvalue weighted by Gasteiger charge is 2.65. The van der Waals surface area contributed by atoms with Gasteiger partial charge in [-0.1, -0.05) is 12.8 Å². The van der Waals surface area contributed by atoms with Gasteiger partial charge in [-0.3, -0.25) is 5.10 Å². The largest absolute Gasteiger partial charge is 0.377 e. The van der Waals surface area contributed by atoms with Gasteiger partial charge < -0.3 is 15.4 Å². The topological polar surface area (TPSA) is 79.0 Å². The van der Waals surface area contributed by atoms with Crippen LogP contribution in [-0.2, 0) is 11.3 Å². The number of carbonyl (C=O) groups is 1. The Balaban J connectivity index is 1.38. The molecule has 21 heavy (non-hydrogen) atoms. The second-order valence-corrected chi connectivity index (χ2v) is 6.57. The zero-order valence-corrected chi connectivity index (χ0v) is 12.1. The molecule has 1 aliphatic heterocycles. The number of rotatable bonds is 3. The summed E-state index contributed by atoms with van der Waals surface area (Å²) in [5.41, 5.74) is 1.13. The number of nitrogens with zero attached hydrogens (tertiary/aromatic N) is 1. The number of hydrogen-bond donors (Lipinski definition) is 3. The van der Waals surface area contributed by atoms with Crippen molar-refractivity contribution in [3.63, 3.8) is 0 Å². The van der Waals surface area contributed by atoms with Crippen LogP contribution in [0.2, 0.25) is 0 Å². The zero-order chi connectivity index (χ0) is 14.3. The van der Waals surface area contributed by atoms with Crippen LogP contribution in [0.15, 0.2) is 12.3 Å². The standard InChI is InChI=1S/C15H22N4O2/c20-14(16-9-10-3-7-17-19-10)18-12-11-4-8-21-13(11)15(12)5-1-2-6-15/h3,7,11-13H,1-2,4-6,8-9H2,(H,17,19)(H2,16,18,20)/t11-,12-,13-/m1/s1. The van der Waals surface area contributed by atoms with Gasteiger partial charge in [0, 0.05) is 30.2 Å². The predicted octanol–water partition coefficient (Wildman–Crippen LogP) is 1.56. The normalized spacial score (nSPS) is 32.7. The number of nitrogens with one attached hydrogen (secondary N) is 3. The van der Waals surface area contributed by atoms with Crippen molar-refractivity contribution in [3.8, 4) is 0 Å². The van der Waals surface area contributed by atoms with Gasteiger partial charge in [0.25, 0.3) is 0 Å². The van der Waals surface area contributed by atoms with E-state index >= 15 is 0 Å². The molecule has 2 aliphatic carbocycles. The Kier molecular flexibility index (Phi) is 3.14. The average Bonchev–Trinajstić information content (AvgIpc) is 3.22. The van der Waals surface area contributed by atoms with Gasteiger partial charge >= 0.3 is 6.03 Å². The number of carbonyl (C=O) groups excluding carboxylic acids is 1. The number of aromatic nitrogens is 2. The molecule has 2 heterocycles. The fraction of sp³-hybridized carbons (Fsp3) is 0.733. The van der Waals surface area contributed by atoms with E-state index in [2.05, 4.69) is 20.8 Å². The Hall–Kier alpha value is -1.56. The van der Waals surface area contributed by atoms with E-state index in [4.69, 9.17) is 4.74 Å². The average molecular weight is 290 g/mol. The minimum atomic E-state index is -0.0776. The van der Waals surface area contributed by atoms with Crippen LogP contribution >= 0.6 is 0 Å². The van der Waals surface area contributed by atoms with E-state index in [1.807, 2.05) is 6.07 Å². The van der Waals surface area contributed by atoms with E-state index in [-0.39, 0.29) is 17.5 Å². The molecule has 0 aromatic carbocycles. The Bertz CT molecular complexity index is 510. The Morgan fingerprint density at radius 2 is 2.33 bits per heavy atom. The summed E-state index contributed by atoms with van der Waals surface area (Å²) in [6.45, 7) is 1.33. The first-order valence-electron chi connectivity index (χ1n) is 7.94. The van der Waals surface area contributed by atoms with Crippen LogP contribution in [-0.4, -0.2) is 35.0 Å². The number of amides is 2. The van der Waals surface area contributed by atoms with Crippen molar-refractivity contribution >= 4 is 6.03 Å². The second-order valence-electron chi connectivity index (χ2n) is 6.57. The first kappa shape index (κ1) is 13.1. The van der Waals surface area contributed by atoms with E-state index in [1.165, 1.54) is 25.7 Å². The van der Waals surface area contributed by atoms with Crippen molar-refractivity contribution in [1.82, 2.24) is 20.8 Å². The fourth-order valence-electron chi connectivity index (χ4n) is 4.66. The molecule has 0 radical (unpaired) electrons. The third kappa shape index (κ3) is 2.04. The number of aromatic amines is 1. The number of fused-ring (bicyclic) bond motifs is 2. The molecule has 3 N–H and O–H groups in total. The van der Waals surface area contributed by atoms with Crippen molar-refractivity contribution in [2.24, 2.45) is 11.3 Å². The summed E-state index contributed by atoms with van der Waals surface area (Å²) in [6, 6.07) is 2.07. The fourth-order valence-corrected chi connectivity index (χ4v) is 4.66. The second kappa shape index (κ2) is 5.02. The molecule has 3 fully saturated rings. The Morgan fingerprint density at radius 1 is 1.48 bits per heavy atom. The minimum absolute atomic E-state index is 0.0776. The van der Waals surface area contributed by atoms with Gasteiger partial charge in [-0.2, -0.15) is 5.10 Å². The van der Waals surface area contributed by atoms with Crippen LogP contribution in [0.1, 0.15) is 37.8 Å². The van der Waals surface area contributed by atoms with E-state index in [0.29, 0.717) is 18.6 Å². The summed E-state index contributed by atoms with van der Waals surface area (Å²) in [5, 5.41) is 12.9. The molecule has 1 aromatic rings. The van der Waals surface area contributed by atoms with Gasteiger partial charge in [0.15, 0.2) is 0 Å². The van der Waals surface area contributed by atoms with E-state index in [0.717, 1.165) is 18.7 Å². The van der Waals surface area contributed by atoms with Crippen LogP contribution < -0.4 is 10.6 Å². The molecule has 1 spiro atoms. The smallest absolute Gasteiger partial charge is 0.315 e. The van der Waals surface area contributed by atoms with Crippen LogP contribution in [0.25, 0.3) is 0 Å². The molecule has 2 saturated carbocycles. The summed E-state index contributed by atoms with van der Waals surface area (Å²) in [5.74, 6) is 0.515. The molecule has 0 bridgehead atoms. The summed E-state index contributed by atoms with van der Waals surface area (Å²) in [4.78, 5) is 12.2. The highest BCUT2D eigenvalue weighted by molar-refractivity contribution is 5.74. The van der Waals surface area contributed by atoms with Gasteiger partial charge in [0.1, 0.15) is 0 Å². The van der Waals surface area contributed by atoms with Crippen molar-refractivity contribution in [1.29, 1.82) is 0 Å². The maximum Gasteiger partial charge on any atom is 0.315 e. The van der Waals surface area contributed by atoms with Crippen LogP contribution in [0.5, 0.6) is 0 Å². The quantitative estimate of drug-likeness (QED) is 0.790.